The molecule has 11 heteroatoms. The SMILES string of the molecule is CC1CCN(C(=O)NCCc2ccc(S(=O)(=O)NC(=O)NSC3CCCCC3)cc2)C(=O)C1. The first kappa shape index (κ1) is 25.4. The Balaban J connectivity index is 1.43. The molecule has 9 nitrogen and oxygen atoms in total. The Morgan fingerprint density at radius 1 is 1.09 bits per heavy atom. The zero-order valence-electron chi connectivity index (χ0n) is 18.8. The number of carbonyl (C=O) groups is 3. The largest absolute Gasteiger partial charge is 0.338 e. The van der Waals surface area contributed by atoms with E-state index >= 15 is 0 Å². The van der Waals surface area contributed by atoms with Gasteiger partial charge < -0.3 is 5.32 Å². The normalized spacial score (nSPS) is 19.7. The Hall–Kier alpha value is -2.27. The zero-order valence-corrected chi connectivity index (χ0v) is 20.5. The first-order chi connectivity index (χ1) is 15.7. The third-order valence-corrected chi connectivity index (χ3v) is 8.39. The van der Waals surface area contributed by atoms with Gasteiger partial charge in [0, 0.05) is 24.8 Å². The zero-order chi connectivity index (χ0) is 23.8. The Morgan fingerprint density at radius 3 is 2.45 bits per heavy atom. The second-order valence-corrected chi connectivity index (χ2v) is 11.5. The number of piperidine rings is 1. The van der Waals surface area contributed by atoms with E-state index in [1.165, 1.54) is 35.4 Å². The highest BCUT2D eigenvalue weighted by Gasteiger charge is 2.27. The number of amides is 5. The van der Waals surface area contributed by atoms with E-state index in [-0.39, 0.29) is 10.8 Å². The molecule has 0 bridgehead atoms. The molecule has 0 aromatic heterocycles. The van der Waals surface area contributed by atoms with Gasteiger partial charge in [-0.1, -0.05) is 38.3 Å². The summed E-state index contributed by atoms with van der Waals surface area (Å²) in [6.45, 7) is 2.75. The highest BCUT2D eigenvalue weighted by atomic mass is 32.2. The van der Waals surface area contributed by atoms with Crippen molar-refractivity contribution in [2.24, 2.45) is 5.92 Å². The van der Waals surface area contributed by atoms with Gasteiger partial charge in [-0.25, -0.2) is 22.7 Å². The van der Waals surface area contributed by atoms with Crippen molar-refractivity contribution in [3.63, 3.8) is 0 Å². The summed E-state index contributed by atoms with van der Waals surface area (Å²) in [5.41, 5.74) is 0.824. The fourth-order valence-electron chi connectivity index (χ4n) is 3.97. The Kier molecular flexibility index (Phi) is 9.02. The molecule has 1 unspecified atom stereocenters. The molecule has 1 saturated carbocycles. The third-order valence-electron chi connectivity index (χ3n) is 5.94. The first-order valence-corrected chi connectivity index (χ1v) is 13.8. The van der Waals surface area contributed by atoms with Gasteiger partial charge in [0.1, 0.15) is 0 Å². The van der Waals surface area contributed by atoms with Crippen molar-refractivity contribution < 1.29 is 22.8 Å². The van der Waals surface area contributed by atoms with E-state index in [0.717, 1.165) is 37.7 Å². The number of sulfonamides is 1. The van der Waals surface area contributed by atoms with Gasteiger partial charge in [-0.15, -0.1) is 0 Å². The molecule has 3 rings (SSSR count). The summed E-state index contributed by atoms with van der Waals surface area (Å²) in [5.74, 6) is 0.141. The van der Waals surface area contributed by atoms with Gasteiger partial charge in [0.25, 0.3) is 10.0 Å². The lowest BCUT2D eigenvalue weighted by molar-refractivity contribution is -0.131. The topological polar surface area (TPSA) is 125 Å². The van der Waals surface area contributed by atoms with Crippen LogP contribution in [0.25, 0.3) is 0 Å². The highest BCUT2D eigenvalue weighted by molar-refractivity contribution is 7.98. The number of likely N-dealkylation sites (tertiary alicyclic amines) is 1. The molecule has 0 radical (unpaired) electrons. The Labute approximate surface area is 199 Å². The van der Waals surface area contributed by atoms with Gasteiger partial charge in [-0.3, -0.25) is 14.4 Å². The molecule has 1 aliphatic carbocycles. The van der Waals surface area contributed by atoms with Crippen LogP contribution in [0.15, 0.2) is 29.2 Å². The molecular formula is C22H32N4O5S2. The highest BCUT2D eigenvalue weighted by Crippen LogP contribution is 2.26. The molecule has 1 aromatic rings. The molecule has 1 saturated heterocycles. The van der Waals surface area contributed by atoms with E-state index in [9.17, 15) is 22.8 Å². The number of urea groups is 2. The maximum Gasteiger partial charge on any atom is 0.338 e. The summed E-state index contributed by atoms with van der Waals surface area (Å²) in [6, 6.07) is 4.99. The molecule has 182 valence electrons. The summed E-state index contributed by atoms with van der Waals surface area (Å²) in [7, 11) is -3.98. The van der Waals surface area contributed by atoms with Crippen LogP contribution in [0.1, 0.15) is 57.4 Å². The fraction of sp³-hybridized carbons (Fsp3) is 0.591. The number of hydrogen-bond acceptors (Lipinski definition) is 6. The second kappa shape index (κ2) is 11.7. The van der Waals surface area contributed by atoms with Crippen LogP contribution in [0.5, 0.6) is 0 Å². The van der Waals surface area contributed by atoms with Crippen molar-refractivity contribution in [2.45, 2.75) is 68.4 Å². The summed E-state index contributed by atoms with van der Waals surface area (Å²) >= 11 is 1.28. The van der Waals surface area contributed by atoms with Gasteiger partial charge >= 0.3 is 12.1 Å². The molecule has 2 aliphatic rings. The second-order valence-electron chi connectivity index (χ2n) is 8.68. The van der Waals surface area contributed by atoms with Crippen molar-refractivity contribution >= 4 is 39.9 Å². The lowest BCUT2D eigenvalue weighted by Crippen LogP contribution is -2.48. The molecular weight excluding hydrogens is 464 g/mol. The molecule has 0 spiro atoms. The molecule has 1 atom stereocenters. The molecule has 1 heterocycles. The van der Waals surface area contributed by atoms with Crippen LogP contribution in [0.2, 0.25) is 0 Å². The number of imide groups is 1. The number of hydrogen-bond donors (Lipinski definition) is 3. The van der Waals surface area contributed by atoms with Gasteiger partial charge in [0.15, 0.2) is 0 Å². The average molecular weight is 497 g/mol. The average Bonchev–Trinajstić information content (AvgIpc) is 2.78. The van der Waals surface area contributed by atoms with E-state index in [0.29, 0.717) is 37.1 Å². The summed E-state index contributed by atoms with van der Waals surface area (Å²) in [6.07, 6.45) is 7.18. The molecule has 2 fully saturated rings. The summed E-state index contributed by atoms with van der Waals surface area (Å²) in [5, 5.41) is 3.06. The minimum absolute atomic E-state index is 0.0128. The number of nitrogens with zero attached hydrogens (tertiary/aromatic N) is 1. The summed E-state index contributed by atoms with van der Waals surface area (Å²) in [4.78, 5) is 37.5. The third kappa shape index (κ3) is 7.63. The van der Waals surface area contributed by atoms with Gasteiger partial charge in [0.2, 0.25) is 5.91 Å². The molecule has 1 aliphatic heterocycles. The predicted octanol–water partition coefficient (Wildman–Crippen LogP) is 3.17. The number of nitrogens with one attached hydrogen (secondary N) is 3. The van der Waals surface area contributed by atoms with Crippen molar-refractivity contribution in [1.82, 2.24) is 19.7 Å². The van der Waals surface area contributed by atoms with Crippen LogP contribution in [-0.4, -0.2) is 49.6 Å². The smallest absolute Gasteiger partial charge is 0.337 e. The van der Waals surface area contributed by atoms with E-state index in [1.54, 1.807) is 12.1 Å². The standard InChI is InChI=1S/C22H32N4O5S2/c1-16-12-14-26(20(27)15-16)22(29)23-13-11-17-7-9-19(10-8-17)33(30,31)25-21(28)24-32-18-5-3-2-4-6-18/h7-10,16,18H,2-6,11-15H2,1H3,(H,23,29)(H2,24,25,28). The van der Waals surface area contributed by atoms with E-state index in [1.807, 2.05) is 11.6 Å². The maximum atomic E-state index is 12.5. The van der Waals surface area contributed by atoms with Crippen LogP contribution in [0.3, 0.4) is 0 Å². The monoisotopic (exact) mass is 496 g/mol. The van der Waals surface area contributed by atoms with Crippen LogP contribution in [-0.2, 0) is 21.2 Å². The van der Waals surface area contributed by atoms with E-state index in [4.69, 9.17) is 0 Å². The van der Waals surface area contributed by atoms with Crippen LogP contribution < -0.4 is 14.8 Å². The van der Waals surface area contributed by atoms with Crippen molar-refractivity contribution in [1.29, 1.82) is 0 Å². The lowest BCUT2D eigenvalue weighted by Gasteiger charge is -2.28. The summed E-state index contributed by atoms with van der Waals surface area (Å²) < 4.78 is 29.5. The van der Waals surface area contributed by atoms with Crippen molar-refractivity contribution in [3.05, 3.63) is 29.8 Å². The lowest BCUT2D eigenvalue weighted by atomic mass is 9.99. The van der Waals surface area contributed by atoms with E-state index < -0.39 is 22.1 Å². The van der Waals surface area contributed by atoms with Gasteiger partial charge in [0.05, 0.1) is 4.90 Å². The quantitative estimate of drug-likeness (QED) is 0.498. The molecule has 1 aromatic carbocycles. The van der Waals surface area contributed by atoms with Crippen molar-refractivity contribution in [3.8, 4) is 0 Å². The Bertz CT molecular complexity index is 946. The molecule has 33 heavy (non-hydrogen) atoms. The minimum Gasteiger partial charge on any atom is -0.337 e. The van der Waals surface area contributed by atoms with Crippen LogP contribution in [0.4, 0.5) is 9.59 Å². The number of carbonyl (C=O) groups excluding carboxylic acids is 3. The number of benzene rings is 1. The molecule has 3 N–H and O–H groups in total. The molecule has 5 amide bonds. The van der Waals surface area contributed by atoms with Crippen molar-refractivity contribution in [2.75, 3.05) is 13.1 Å². The maximum absolute atomic E-state index is 12.5. The fourth-order valence-corrected chi connectivity index (χ4v) is 5.83. The van der Waals surface area contributed by atoms with Gasteiger partial charge in [-0.2, -0.15) is 0 Å². The van der Waals surface area contributed by atoms with Crippen LogP contribution in [0, 0.1) is 5.92 Å². The number of rotatable bonds is 7. The predicted molar refractivity (Wildman–Crippen MR) is 127 cm³/mol. The first-order valence-electron chi connectivity index (χ1n) is 11.4. The Morgan fingerprint density at radius 2 is 1.79 bits per heavy atom. The van der Waals surface area contributed by atoms with Crippen LogP contribution >= 0.6 is 11.9 Å². The van der Waals surface area contributed by atoms with E-state index in [2.05, 4.69) is 10.0 Å². The van der Waals surface area contributed by atoms with Gasteiger partial charge in [-0.05, 0) is 61.2 Å². The minimum atomic E-state index is -3.98.